The molecule has 2 heteroatoms. The highest BCUT2D eigenvalue weighted by molar-refractivity contribution is 6.09. The summed E-state index contributed by atoms with van der Waals surface area (Å²) in [5, 5.41) is 2.29. The van der Waals surface area contributed by atoms with E-state index in [9.17, 15) is 0 Å². The Hall–Kier alpha value is -6.64. The highest BCUT2D eigenvalue weighted by atomic mass is 16.3. The molecular formula is C48H33NO. The number of hydrogen-bond acceptors (Lipinski definition) is 2. The summed E-state index contributed by atoms with van der Waals surface area (Å²) >= 11 is 0. The highest BCUT2D eigenvalue weighted by Crippen LogP contribution is 2.39. The van der Waals surface area contributed by atoms with Gasteiger partial charge in [-0.05, 0) is 87.5 Å². The Kier molecular flexibility index (Phi) is 7.53. The van der Waals surface area contributed by atoms with Gasteiger partial charge in [0.05, 0.1) is 0 Å². The SMILES string of the molecule is c1ccc(-c2ccc(N(c3ccccc3)c3ccc(-c4ccc(-c5cccc(-c6cccc7c6oc6ccccc67)c5)cc4)cc3)cc2)cc1. The van der Waals surface area contributed by atoms with Crippen LogP contribution in [-0.4, -0.2) is 0 Å². The first-order valence-corrected chi connectivity index (χ1v) is 17.0. The van der Waals surface area contributed by atoms with Crippen LogP contribution in [0.2, 0.25) is 0 Å². The summed E-state index contributed by atoms with van der Waals surface area (Å²) in [7, 11) is 0. The predicted molar refractivity (Wildman–Crippen MR) is 210 cm³/mol. The highest BCUT2D eigenvalue weighted by Gasteiger charge is 2.14. The topological polar surface area (TPSA) is 16.4 Å². The van der Waals surface area contributed by atoms with Gasteiger partial charge in [-0.25, -0.2) is 0 Å². The van der Waals surface area contributed by atoms with Crippen molar-refractivity contribution in [3.63, 3.8) is 0 Å². The Labute approximate surface area is 292 Å². The zero-order valence-corrected chi connectivity index (χ0v) is 27.4. The van der Waals surface area contributed by atoms with E-state index in [2.05, 4.69) is 193 Å². The molecular weight excluding hydrogens is 607 g/mol. The molecule has 0 amide bonds. The third kappa shape index (κ3) is 5.53. The lowest BCUT2D eigenvalue weighted by Crippen LogP contribution is -2.09. The standard InChI is InChI=1S/C48H33NO/c1-3-11-34(12-4-1)36-25-29-42(30-26-36)49(41-15-5-2-6-16-41)43-31-27-37(28-32-43)35-21-23-38(24-22-35)39-13-9-14-40(33-39)44-18-10-19-46-45-17-7-8-20-47(45)50-48(44)46/h1-33H. The van der Waals surface area contributed by atoms with Crippen LogP contribution in [0.5, 0.6) is 0 Å². The maximum atomic E-state index is 6.34. The van der Waals surface area contributed by atoms with Crippen LogP contribution >= 0.6 is 0 Å². The molecule has 1 heterocycles. The van der Waals surface area contributed by atoms with Crippen molar-refractivity contribution in [1.29, 1.82) is 0 Å². The fourth-order valence-corrected chi connectivity index (χ4v) is 6.96. The Morgan fingerprint density at radius 2 is 0.740 bits per heavy atom. The fourth-order valence-electron chi connectivity index (χ4n) is 6.96. The first kappa shape index (κ1) is 29.5. The molecule has 50 heavy (non-hydrogen) atoms. The summed E-state index contributed by atoms with van der Waals surface area (Å²) in [6.07, 6.45) is 0. The molecule has 0 saturated heterocycles. The van der Waals surface area contributed by atoms with Crippen LogP contribution in [0.15, 0.2) is 205 Å². The summed E-state index contributed by atoms with van der Waals surface area (Å²) in [4.78, 5) is 2.31. The van der Waals surface area contributed by atoms with Crippen LogP contribution < -0.4 is 4.90 Å². The van der Waals surface area contributed by atoms with Crippen LogP contribution in [0.1, 0.15) is 0 Å². The normalized spacial score (nSPS) is 11.2. The monoisotopic (exact) mass is 639 g/mol. The minimum absolute atomic E-state index is 0.917. The van der Waals surface area contributed by atoms with E-state index >= 15 is 0 Å². The van der Waals surface area contributed by atoms with Crippen LogP contribution in [0, 0.1) is 0 Å². The zero-order chi connectivity index (χ0) is 33.3. The van der Waals surface area contributed by atoms with Crippen molar-refractivity contribution >= 4 is 39.0 Å². The minimum atomic E-state index is 0.917. The van der Waals surface area contributed by atoms with Gasteiger partial charge in [-0.15, -0.1) is 0 Å². The van der Waals surface area contributed by atoms with Gasteiger partial charge in [-0.1, -0.05) is 152 Å². The van der Waals surface area contributed by atoms with Gasteiger partial charge in [0.1, 0.15) is 11.2 Å². The van der Waals surface area contributed by atoms with E-state index in [1.807, 2.05) is 12.1 Å². The van der Waals surface area contributed by atoms with E-state index in [4.69, 9.17) is 4.42 Å². The molecule has 0 atom stereocenters. The second-order valence-electron chi connectivity index (χ2n) is 12.6. The van der Waals surface area contributed by atoms with E-state index < -0.39 is 0 Å². The summed E-state index contributed by atoms with van der Waals surface area (Å²) in [5.74, 6) is 0. The molecule has 0 bridgehead atoms. The van der Waals surface area contributed by atoms with E-state index in [-0.39, 0.29) is 0 Å². The minimum Gasteiger partial charge on any atom is -0.455 e. The predicted octanol–water partition coefficient (Wildman–Crippen LogP) is 13.7. The second kappa shape index (κ2) is 12.8. The van der Waals surface area contributed by atoms with Gasteiger partial charge >= 0.3 is 0 Å². The van der Waals surface area contributed by atoms with Gasteiger partial charge in [-0.3, -0.25) is 0 Å². The summed E-state index contributed by atoms with van der Waals surface area (Å²) < 4.78 is 6.34. The molecule has 0 unspecified atom stereocenters. The molecule has 0 aliphatic rings. The molecule has 0 saturated carbocycles. The fraction of sp³-hybridized carbons (Fsp3) is 0. The average molecular weight is 640 g/mol. The maximum Gasteiger partial charge on any atom is 0.143 e. The van der Waals surface area contributed by atoms with Gasteiger partial charge in [0.25, 0.3) is 0 Å². The first-order chi connectivity index (χ1) is 24.8. The smallest absolute Gasteiger partial charge is 0.143 e. The number of anilines is 3. The Balaban J connectivity index is 0.991. The molecule has 1 aromatic heterocycles. The second-order valence-corrected chi connectivity index (χ2v) is 12.6. The molecule has 0 aliphatic heterocycles. The van der Waals surface area contributed by atoms with E-state index in [0.29, 0.717) is 0 Å². The quantitative estimate of drug-likeness (QED) is 0.173. The summed E-state index contributed by atoms with van der Waals surface area (Å²) in [5.41, 5.74) is 14.6. The molecule has 2 nitrogen and oxygen atoms in total. The van der Waals surface area contributed by atoms with Crippen LogP contribution in [0.3, 0.4) is 0 Å². The van der Waals surface area contributed by atoms with Crippen molar-refractivity contribution in [1.82, 2.24) is 0 Å². The molecule has 9 aromatic rings. The largest absolute Gasteiger partial charge is 0.455 e. The van der Waals surface area contributed by atoms with Gasteiger partial charge in [0.2, 0.25) is 0 Å². The van der Waals surface area contributed by atoms with Crippen LogP contribution in [0.4, 0.5) is 17.1 Å². The molecule has 8 aromatic carbocycles. The molecule has 0 N–H and O–H groups in total. The lowest BCUT2D eigenvalue weighted by molar-refractivity contribution is 0.670. The number of rotatable bonds is 7. The molecule has 0 fully saturated rings. The molecule has 9 rings (SSSR count). The lowest BCUT2D eigenvalue weighted by Gasteiger charge is -2.26. The average Bonchev–Trinajstić information content (AvgIpc) is 3.59. The number of para-hydroxylation sites is 3. The van der Waals surface area contributed by atoms with Gasteiger partial charge in [0, 0.05) is 33.4 Å². The van der Waals surface area contributed by atoms with Crippen LogP contribution in [0.25, 0.3) is 66.4 Å². The first-order valence-electron chi connectivity index (χ1n) is 17.0. The number of fused-ring (bicyclic) bond motifs is 3. The number of hydrogen-bond donors (Lipinski definition) is 0. The molecule has 0 radical (unpaired) electrons. The Morgan fingerprint density at radius 3 is 1.40 bits per heavy atom. The maximum absolute atomic E-state index is 6.34. The number of nitrogens with zero attached hydrogens (tertiary/aromatic N) is 1. The van der Waals surface area contributed by atoms with Crippen molar-refractivity contribution in [2.24, 2.45) is 0 Å². The van der Waals surface area contributed by atoms with Gasteiger partial charge in [-0.2, -0.15) is 0 Å². The lowest BCUT2D eigenvalue weighted by atomic mass is 9.96. The molecule has 0 spiro atoms. The van der Waals surface area contributed by atoms with Crippen molar-refractivity contribution < 1.29 is 4.42 Å². The van der Waals surface area contributed by atoms with Crippen molar-refractivity contribution in [3.8, 4) is 44.5 Å². The molecule has 0 aliphatic carbocycles. The van der Waals surface area contributed by atoms with Crippen molar-refractivity contribution in [3.05, 3.63) is 200 Å². The van der Waals surface area contributed by atoms with Gasteiger partial charge < -0.3 is 9.32 Å². The number of furan rings is 1. The third-order valence-corrected chi connectivity index (χ3v) is 9.50. The van der Waals surface area contributed by atoms with Gasteiger partial charge in [0.15, 0.2) is 0 Å². The Bertz CT molecular complexity index is 2550. The molecule has 236 valence electrons. The third-order valence-electron chi connectivity index (χ3n) is 9.50. The Morgan fingerprint density at radius 1 is 0.300 bits per heavy atom. The summed E-state index contributed by atoms with van der Waals surface area (Å²) in [6, 6.07) is 71.0. The zero-order valence-electron chi connectivity index (χ0n) is 27.4. The summed E-state index contributed by atoms with van der Waals surface area (Å²) in [6.45, 7) is 0. The van der Waals surface area contributed by atoms with Crippen molar-refractivity contribution in [2.45, 2.75) is 0 Å². The van der Waals surface area contributed by atoms with E-state index in [1.165, 1.54) is 33.4 Å². The van der Waals surface area contributed by atoms with E-state index in [1.54, 1.807) is 0 Å². The number of benzene rings is 8. The van der Waals surface area contributed by atoms with Crippen LogP contribution in [-0.2, 0) is 0 Å². The van der Waals surface area contributed by atoms with Crippen molar-refractivity contribution in [2.75, 3.05) is 4.90 Å². The van der Waals surface area contributed by atoms with E-state index in [0.717, 1.165) is 50.1 Å².